The Kier molecular flexibility index (Phi) is 5.41. The number of nitrogens with one attached hydrogen (secondary N) is 1. The van der Waals surface area contributed by atoms with Crippen molar-refractivity contribution in [3.63, 3.8) is 0 Å². The first-order chi connectivity index (χ1) is 11.6. The summed E-state index contributed by atoms with van der Waals surface area (Å²) in [5.41, 5.74) is 6.68. The van der Waals surface area contributed by atoms with E-state index in [4.69, 9.17) is 17.3 Å². The third kappa shape index (κ3) is 3.73. The van der Waals surface area contributed by atoms with E-state index in [1.807, 2.05) is 18.2 Å². The molecular weight excluding hydrogens is 326 g/mol. The molecule has 1 aromatic carbocycles. The smallest absolute Gasteiger partial charge is 0.249 e. The number of carbonyl (C=O) groups is 2. The monoisotopic (exact) mass is 349 g/mol. The van der Waals surface area contributed by atoms with Gasteiger partial charge in [0.05, 0.1) is 10.7 Å². The van der Waals surface area contributed by atoms with Gasteiger partial charge in [-0.3, -0.25) is 9.59 Å². The zero-order chi connectivity index (χ0) is 17.1. The molecule has 0 spiro atoms. The number of hydrogen-bond donors (Lipinski definition) is 2. The second-order valence-corrected chi connectivity index (χ2v) is 7.18. The van der Waals surface area contributed by atoms with Crippen LogP contribution in [0, 0.1) is 5.92 Å². The minimum absolute atomic E-state index is 0.0375. The Labute approximate surface area is 147 Å². The van der Waals surface area contributed by atoms with Crippen LogP contribution in [0.25, 0.3) is 0 Å². The van der Waals surface area contributed by atoms with E-state index < -0.39 is 6.04 Å². The van der Waals surface area contributed by atoms with Gasteiger partial charge in [-0.15, -0.1) is 0 Å². The highest BCUT2D eigenvalue weighted by molar-refractivity contribution is 6.33. The molecule has 130 valence electrons. The number of hydrogen-bond acceptors (Lipinski definition) is 3. The molecule has 5 nitrogen and oxygen atoms in total. The highest BCUT2D eigenvalue weighted by Gasteiger charge is 2.34. The van der Waals surface area contributed by atoms with Gasteiger partial charge in [0.15, 0.2) is 0 Å². The number of para-hydroxylation sites is 1. The van der Waals surface area contributed by atoms with Crippen molar-refractivity contribution in [1.29, 1.82) is 0 Å². The summed E-state index contributed by atoms with van der Waals surface area (Å²) >= 11 is 6.22. The quantitative estimate of drug-likeness (QED) is 0.880. The average molecular weight is 350 g/mol. The Morgan fingerprint density at radius 1 is 1.21 bits per heavy atom. The van der Waals surface area contributed by atoms with Crippen LogP contribution < -0.4 is 16.0 Å². The number of halogens is 1. The van der Waals surface area contributed by atoms with Gasteiger partial charge in [-0.2, -0.15) is 0 Å². The molecular formula is C18H24ClN3O2. The third-order valence-electron chi connectivity index (χ3n) is 4.98. The molecule has 2 amide bonds. The molecule has 1 aliphatic carbocycles. The van der Waals surface area contributed by atoms with Gasteiger partial charge in [0, 0.05) is 18.5 Å². The van der Waals surface area contributed by atoms with Crippen LogP contribution in [0.15, 0.2) is 24.3 Å². The maximum Gasteiger partial charge on any atom is 0.249 e. The minimum Gasteiger partial charge on any atom is -0.344 e. The first-order valence-corrected chi connectivity index (χ1v) is 9.06. The molecule has 3 atom stereocenters. The molecule has 0 aromatic heterocycles. The van der Waals surface area contributed by atoms with E-state index in [2.05, 4.69) is 5.32 Å². The lowest BCUT2D eigenvalue weighted by Crippen LogP contribution is -2.54. The molecule has 1 aromatic rings. The summed E-state index contributed by atoms with van der Waals surface area (Å²) in [5, 5.41) is 3.50. The normalized spacial score (nSPS) is 27.8. The molecule has 3 N–H and O–H groups in total. The van der Waals surface area contributed by atoms with Crippen molar-refractivity contribution < 1.29 is 9.59 Å². The van der Waals surface area contributed by atoms with Crippen LogP contribution in [-0.4, -0.2) is 30.4 Å². The SMILES string of the molecule is N[C@@H]1CCC[C@H](C(=O)N[C@@H]2CCCN(c3ccccc3Cl)C2=O)C1. The van der Waals surface area contributed by atoms with Gasteiger partial charge in [0.25, 0.3) is 0 Å². The third-order valence-corrected chi connectivity index (χ3v) is 5.30. The van der Waals surface area contributed by atoms with E-state index in [0.717, 1.165) is 25.7 Å². The van der Waals surface area contributed by atoms with Crippen LogP contribution in [0.3, 0.4) is 0 Å². The number of nitrogens with two attached hydrogens (primary N) is 1. The topological polar surface area (TPSA) is 75.4 Å². The zero-order valence-electron chi connectivity index (χ0n) is 13.7. The lowest BCUT2D eigenvalue weighted by Gasteiger charge is -2.34. The van der Waals surface area contributed by atoms with Crippen LogP contribution in [0.5, 0.6) is 0 Å². The molecule has 0 unspecified atom stereocenters. The number of carbonyl (C=O) groups excluding carboxylic acids is 2. The predicted octanol–water partition coefficient (Wildman–Crippen LogP) is 2.47. The second kappa shape index (κ2) is 7.53. The molecule has 0 bridgehead atoms. The number of piperidine rings is 1. The van der Waals surface area contributed by atoms with Crippen molar-refractivity contribution in [2.75, 3.05) is 11.4 Å². The molecule has 6 heteroatoms. The Morgan fingerprint density at radius 3 is 2.75 bits per heavy atom. The fourth-order valence-electron chi connectivity index (χ4n) is 3.67. The van der Waals surface area contributed by atoms with E-state index in [1.54, 1.807) is 11.0 Å². The largest absolute Gasteiger partial charge is 0.344 e. The van der Waals surface area contributed by atoms with Gasteiger partial charge in [0.2, 0.25) is 11.8 Å². The van der Waals surface area contributed by atoms with Crippen molar-refractivity contribution in [2.24, 2.45) is 11.7 Å². The summed E-state index contributed by atoms with van der Waals surface area (Å²) in [5.74, 6) is -0.190. The molecule has 2 fully saturated rings. The summed E-state index contributed by atoms with van der Waals surface area (Å²) in [4.78, 5) is 27.0. The van der Waals surface area contributed by atoms with Crippen LogP contribution in [0.2, 0.25) is 5.02 Å². The van der Waals surface area contributed by atoms with Gasteiger partial charge in [-0.25, -0.2) is 0 Å². The lowest BCUT2D eigenvalue weighted by atomic mass is 9.85. The first-order valence-electron chi connectivity index (χ1n) is 8.68. The number of benzene rings is 1. The highest BCUT2D eigenvalue weighted by atomic mass is 35.5. The van der Waals surface area contributed by atoms with Gasteiger partial charge in [0.1, 0.15) is 6.04 Å². The molecule has 3 rings (SSSR count). The second-order valence-electron chi connectivity index (χ2n) is 6.77. The standard InChI is InChI=1S/C18H24ClN3O2/c19-14-7-1-2-9-16(14)22-10-4-8-15(18(22)24)21-17(23)12-5-3-6-13(20)11-12/h1-2,7,9,12-13,15H,3-6,8,10-11,20H2,(H,21,23)/t12-,13+,15+/m0/s1. The minimum atomic E-state index is -0.472. The molecule has 1 saturated heterocycles. The summed E-state index contributed by atoms with van der Waals surface area (Å²) in [7, 11) is 0. The first kappa shape index (κ1) is 17.2. The van der Waals surface area contributed by atoms with E-state index in [1.165, 1.54) is 0 Å². The zero-order valence-corrected chi connectivity index (χ0v) is 14.5. The van der Waals surface area contributed by atoms with Crippen LogP contribution in [-0.2, 0) is 9.59 Å². The van der Waals surface area contributed by atoms with Gasteiger partial charge < -0.3 is 16.0 Å². The number of anilines is 1. The maximum absolute atomic E-state index is 12.8. The van der Waals surface area contributed by atoms with Crippen LogP contribution >= 0.6 is 11.6 Å². The van der Waals surface area contributed by atoms with E-state index >= 15 is 0 Å². The molecule has 2 aliphatic rings. The fraction of sp³-hybridized carbons (Fsp3) is 0.556. The summed E-state index contributed by atoms with van der Waals surface area (Å²) in [6.45, 7) is 0.628. The molecule has 1 aliphatic heterocycles. The summed E-state index contributed by atoms with van der Waals surface area (Å²) in [6.07, 6.45) is 5.03. The van der Waals surface area contributed by atoms with Gasteiger partial charge in [-0.1, -0.05) is 30.2 Å². The van der Waals surface area contributed by atoms with Gasteiger partial charge in [-0.05, 0) is 44.2 Å². The fourth-order valence-corrected chi connectivity index (χ4v) is 3.91. The maximum atomic E-state index is 12.8. The Morgan fingerprint density at radius 2 is 2.00 bits per heavy atom. The number of amides is 2. The summed E-state index contributed by atoms with van der Waals surface area (Å²) in [6, 6.07) is 6.93. The molecule has 1 saturated carbocycles. The average Bonchev–Trinajstić information content (AvgIpc) is 2.57. The molecule has 1 heterocycles. The Bertz CT molecular complexity index is 622. The molecule has 0 radical (unpaired) electrons. The predicted molar refractivity (Wildman–Crippen MR) is 94.9 cm³/mol. The van der Waals surface area contributed by atoms with Crippen molar-refractivity contribution in [3.8, 4) is 0 Å². The van der Waals surface area contributed by atoms with E-state index in [0.29, 0.717) is 30.1 Å². The van der Waals surface area contributed by atoms with Crippen LogP contribution in [0.4, 0.5) is 5.69 Å². The van der Waals surface area contributed by atoms with E-state index in [-0.39, 0.29) is 23.8 Å². The Balaban J connectivity index is 1.67. The summed E-state index contributed by atoms with van der Waals surface area (Å²) < 4.78 is 0. The van der Waals surface area contributed by atoms with Crippen LogP contribution in [0.1, 0.15) is 38.5 Å². The van der Waals surface area contributed by atoms with Gasteiger partial charge >= 0.3 is 0 Å². The number of rotatable bonds is 3. The van der Waals surface area contributed by atoms with Crippen molar-refractivity contribution >= 4 is 29.1 Å². The van der Waals surface area contributed by atoms with Crippen molar-refractivity contribution in [1.82, 2.24) is 5.32 Å². The van der Waals surface area contributed by atoms with Crippen molar-refractivity contribution in [2.45, 2.75) is 50.6 Å². The molecule has 24 heavy (non-hydrogen) atoms. The highest BCUT2D eigenvalue weighted by Crippen LogP contribution is 2.29. The number of nitrogens with zero attached hydrogens (tertiary/aromatic N) is 1. The van der Waals surface area contributed by atoms with E-state index in [9.17, 15) is 9.59 Å². The van der Waals surface area contributed by atoms with Crippen molar-refractivity contribution in [3.05, 3.63) is 29.3 Å². The lowest BCUT2D eigenvalue weighted by molar-refractivity contribution is -0.131. The Hall–Kier alpha value is -1.59.